The molecular formula is C5H10ClNO2. The number of hydrogen-bond acceptors (Lipinski definition) is 3. The number of halogens is 1. The van der Waals surface area contributed by atoms with Crippen LogP contribution in [0.15, 0.2) is 0 Å². The zero-order valence-electron chi connectivity index (χ0n) is 5.00. The molecule has 0 radical (unpaired) electrons. The van der Waals surface area contributed by atoms with Crippen LogP contribution in [0.25, 0.3) is 0 Å². The van der Waals surface area contributed by atoms with Crippen molar-refractivity contribution < 1.29 is 9.63 Å². The van der Waals surface area contributed by atoms with Crippen LogP contribution in [-0.4, -0.2) is 5.97 Å². The second-order valence-corrected chi connectivity index (χ2v) is 2.14. The highest BCUT2D eigenvalue weighted by Gasteiger charge is 2.24. The quantitative estimate of drug-likeness (QED) is 0.589. The SMILES string of the molecule is Cl.NOC(=O)CC1CC1. The first-order chi connectivity index (χ1) is 3.83. The first-order valence-electron chi connectivity index (χ1n) is 2.72. The fourth-order valence-electron chi connectivity index (χ4n) is 0.606. The van der Waals surface area contributed by atoms with Crippen molar-refractivity contribution in [2.75, 3.05) is 0 Å². The fraction of sp³-hybridized carbons (Fsp3) is 0.800. The molecule has 1 fully saturated rings. The lowest BCUT2D eigenvalue weighted by Crippen LogP contribution is -2.09. The molecule has 1 aliphatic rings. The maximum atomic E-state index is 10.3. The molecule has 0 aromatic rings. The van der Waals surface area contributed by atoms with Gasteiger partial charge in [0.1, 0.15) is 0 Å². The summed E-state index contributed by atoms with van der Waals surface area (Å²) in [6.45, 7) is 0. The summed E-state index contributed by atoms with van der Waals surface area (Å²) in [5, 5.41) is 0. The molecule has 0 saturated heterocycles. The molecule has 54 valence electrons. The van der Waals surface area contributed by atoms with Crippen LogP contribution in [0.1, 0.15) is 19.3 Å². The molecule has 0 atom stereocenters. The molecule has 3 nitrogen and oxygen atoms in total. The summed E-state index contributed by atoms with van der Waals surface area (Å²) in [6.07, 6.45) is 2.83. The van der Waals surface area contributed by atoms with E-state index in [9.17, 15) is 4.79 Å². The molecular weight excluding hydrogens is 142 g/mol. The third-order valence-electron chi connectivity index (χ3n) is 1.28. The summed E-state index contributed by atoms with van der Waals surface area (Å²) in [6, 6.07) is 0. The molecule has 1 saturated carbocycles. The Hall–Kier alpha value is -0.280. The minimum absolute atomic E-state index is 0. The standard InChI is InChI=1S/C5H9NO2.ClH/c6-8-5(7)3-4-1-2-4;/h4H,1-3,6H2;1H. The van der Waals surface area contributed by atoms with Gasteiger partial charge in [0.25, 0.3) is 0 Å². The Morgan fingerprint density at radius 1 is 1.67 bits per heavy atom. The Balaban J connectivity index is 0.000000640. The largest absolute Gasteiger partial charge is 0.373 e. The maximum Gasteiger partial charge on any atom is 0.324 e. The maximum absolute atomic E-state index is 10.3. The fourth-order valence-corrected chi connectivity index (χ4v) is 0.606. The van der Waals surface area contributed by atoms with Gasteiger partial charge < -0.3 is 4.84 Å². The smallest absolute Gasteiger partial charge is 0.324 e. The van der Waals surface area contributed by atoms with E-state index in [1.165, 1.54) is 0 Å². The van der Waals surface area contributed by atoms with Crippen LogP contribution in [0.5, 0.6) is 0 Å². The molecule has 0 aromatic carbocycles. The van der Waals surface area contributed by atoms with Gasteiger partial charge in [-0.25, -0.2) is 0 Å². The van der Waals surface area contributed by atoms with Crippen molar-refractivity contribution >= 4 is 18.4 Å². The molecule has 9 heavy (non-hydrogen) atoms. The van der Waals surface area contributed by atoms with Gasteiger partial charge in [-0.15, -0.1) is 12.4 Å². The molecule has 0 bridgehead atoms. The predicted molar refractivity (Wildman–Crippen MR) is 34.9 cm³/mol. The summed E-state index contributed by atoms with van der Waals surface area (Å²) in [7, 11) is 0. The highest BCUT2D eigenvalue weighted by Crippen LogP contribution is 2.32. The Morgan fingerprint density at radius 3 is 2.56 bits per heavy atom. The van der Waals surface area contributed by atoms with Crippen molar-refractivity contribution in [2.45, 2.75) is 19.3 Å². The summed E-state index contributed by atoms with van der Waals surface area (Å²) in [5.74, 6) is 4.89. The molecule has 1 aliphatic carbocycles. The highest BCUT2D eigenvalue weighted by atomic mass is 35.5. The Morgan fingerprint density at radius 2 is 2.22 bits per heavy atom. The van der Waals surface area contributed by atoms with Crippen LogP contribution in [0, 0.1) is 5.92 Å². The van der Waals surface area contributed by atoms with Crippen molar-refractivity contribution in [2.24, 2.45) is 11.8 Å². The molecule has 0 aromatic heterocycles. The zero-order chi connectivity index (χ0) is 5.98. The van der Waals surface area contributed by atoms with E-state index < -0.39 is 0 Å². The van der Waals surface area contributed by atoms with Crippen LogP contribution in [0.3, 0.4) is 0 Å². The molecule has 0 unspecified atom stereocenters. The number of rotatable bonds is 2. The summed E-state index contributed by atoms with van der Waals surface area (Å²) in [5.41, 5.74) is 0. The lowest BCUT2D eigenvalue weighted by atomic mass is 10.3. The van der Waals surface area contributed by atoms with Crippen molar-refractivity contribution in [3.8, 4) is 0 Å². The lowest BCUT2D eigenvalue weighted by molar-refractivity contribution is -0.144. The van der Waals surface area contributed by atoms with E-state index in [0.29, 0.717) is 12.3 Å². The van der Waals surface area contributed by atoms with Gasteiger partial charge in [-0.2, -0.15) is 5.90 Å². The number of hydrogen-bond donors (Lipinski definition) is 1. The van der Waals surface area contributed by atoms with Gasteiger partial charge in [-0.3, -0.25) is 4.79 Å². The average molecular weight is 152 g/mol. The summed E-state index contributed by atoms with van der Waals surface area (Å²) < 4.78 is 0. The van der Waals surface area contributed by atoms with E-state index in [1.54, 1.807) is 0 Å². The van der Waals surface area contributed by atoms with Crippen molar-refractivity contribution in [1.82, 2.24) is 0 Å². The molecule has 0 amide bonds. The minimum atomic E-state index is -0.285. The molecule has 1 rings (SSSR count). The first-order valence-corrected chi connectivity index (χ1v) is 2.72. The number of nitrogens with two attached hydrogens (primary N) is 1. The summed E-state index contributed by atoms with van der Waals surface area (Å²) >= 11 is 0. The zero-order valence-corrected chi connectivity index (χ0v) is 5.82. The number of carbonyl (C=O) groups is 1. The number of carbonyl (C=O) groups excluding carboxylic acids is 1. The Kier molecular flexibility index (Phi) is 3.58. The third-order valence-corrected chi connectivity index (χ3v) is 1.28. The first kappa shape index (κ1) is 8.72. The lowest BCUT2D eigenvalue weighted by Gasteiger charge is -1.91. The molecule has 4 heteroatoms. The van der Waals surface area contributed by atoms with Crippen LogP contribution in [-0.2, 0) is 9.63 Å². The predicted octanol–water partition coefficient (Wildman–Crippen LogP) is 0.625. The molecule has 0 spiro atoms. The Bertz CT molecular complexity index is 103. The van der Waals surface area contributed by atoms with E-state index in [1.807, 2.05) is 0 Å². The van der Waals surface area contributed by atoms with E-state index in [-0.39, 0.29) is 18.4 Å². The highest BCUT2D eigenvalue weighted by molar-refractivity contribution is 5.85. The average Bonchev–Trinajstić information content (AvgIpc) is 2.50. The molecule has 2 N–H and O–H groups in total. The van der Waals surface area contributed by atoms with Gasteiger partial charge >= 0.3 is 5.97 Å². The van der Waals surface area contributed by atoms with Crippen LogP contribution >= 0.6 is 12.4 Å². The normalized spacial score (nSPS) is 16.1. The third kappa shape index (κ3) is 3.32. The van der Waals surface area contributed by atoms with E-state index in [2.05, 4.69) is 10.7 Å². The molecule has 0 heterocycles. The van der Waals surface area contributed by atoms with Crippen LogP contribution < -0.4 is 5.90 Å². The van der Waals surface area contributed by atoms with Gasteiger partial charge in [0.2, 0.25) is 0 Å². The van der Waals surface area contributed by atoms with Gasteiger partial charge in [0.05, 0.1) is 6.42 Å². The topological polar surface area (TPSA) is 52.3 Å². The monoisotopic (exact) mass is 151 g/mol. The van der Waals surface area contributed by atoms with Gasteiger partial charge in [-0.05, 0) is 18.8 Å². The van der Waals surface area contributed by atoms with E-state index >= 15 is 0 Å². The minimum Gasteiger partial charge on any atom is -0.373 e. The van der Waals surface area contributed by atoms with Crippen molar-refractivity contribution in [1.29, 1.82) is 0 Å². The summed E-state index contributed by atoms with van der Waals surface area (Å²) in [4.78, 5) is 14.3. The van der Waals surface area contributed by atoms with Crippen LogP contribution in [0.4, 0.5) is 0 Å². The molecule has 0 aliphatic heterocycles. The van der Waals surface area contributed by atoms with Gasteiger partial charge in [0.15, 0.2) is 0 Å². The second-order valence-electron chi connectivity index (χ2n) is 2.14. The van der Waals surface area contributed by atoms with Crippen molar-refractivity contribution in [3.05, 3.63) is 0 Å². The second kappa shape index (κ2) is 3.69. The Labute approximate surface area is 59.9 Å². The van der Waals surface area contributed by atoms with Crippen molar-refractivity contribution in [3.63, 3.8) is 0 Å². The van der Waals surface area contributed by atoms with Crippen LogP contribution in [0.2, 0.25) is 0 Å². The van der Waals surface area contributed by atoms with Gasteiger partial charge in [-0.1, -0.05) is 0 Å². The van der Waals surface area contributed by atoms with Gasteiger partial charge in [0, 0.05) is 0 Å². The van der Waals surface area contributed by atoms with E-state index in [0.717, 1.165) is 12.8 Å². The van der Waals surface area contributed by atoms with E-state index in [4.69, 9.17) is 0 Å².